The van der Waals surface area contributed by atoms with E-state index in [-0.39, 0.29) is 11.6 Å². The molecule has 1 aliphatic heterocycles. The lowest BCUT2D eigenvalue weighted by molar-refractivity contribution is 0.679. The Bertz CT molecular complexity index is 692. The first-order chi connectivity index (χ1) is 9.58. The Balaban J connectivity index is 2.01. The molecule has 0 bridgehead atoms. The van der Waals surface area contributed by atoms with Crippen molar-refractivity contribution in [2.45, 2.75) is 18.9 Å². The fourth-order valence-electron chi connectivity index (χ4n) is 2.72. The molecule has 1 fully saturated rings. The molecule has 0 radical (unpaired) electrons. The maximum Gasteiger partial charge on any atom is 0.282 e. The van der Waals surface area contributed by atoms with E-state index in [0.29, 0.717) is 4.47 Å². The van der Waals surface area contributed by atoms with Gasteiger partial charge in [0.1, 0.15) is 4.47 Å². The number of aromatic nitrogens is 4. The third kappa shape index (κ3) is 2.15. The summed E-state index contributed by atoms with van der Waals surface area (Å²) in [5, 5.41) is 8.37. The summed E-state index contributed by atoms with van der Waals surface area (Å²) in [7, 11) is 3.57. The van der Waals surface area contributed by atoms with Crippen LogP contribution in [0.1, 0.15) is 24.4 Å². The number of hydrogen-bond donors (Lipinski definition) is 0. The standard InChI is InChI=1S/C13H16BrN5O/c1-17-8-9(6-15-17)10-4-3-5-19(10)11-7-16-18(2)13(20)12(11)14/h6-8,10H,3-5H2,1-2H3. The van der Waals surface area contributed by atoms with Gasteiger partial charge in [0, 0.05) is 32.4 Å². The van der Waals surface area contributed by atoms with E-state index in [9.17, 15) is 4.79 Å². The summed E-state index contributed by atoms with van der Waals surface area (Å²) in [5.74, 6) is 0. The van der Waals surface area contributed by atoms with Crippen LogP contribution in [-0.2, 0) is 14.1 Å². The van der Waals surface area contributed by atoms with Crippen molar-refractivity contribution in [1.29, 1.82) is 0 Å². The van der Waals surface area contributed by atoms with Gasteiger partial charge in [0.2, 0.25) is 0 Å². The molecular formula is C13H16BrN5O. The Morgan fingerprint density at radius 1 is 1.30 bits per heavy atom. The van der Waals surface area contributed by atoms with Gasteiger partial charge in [-0.3, -0.25) is 9.48 Å². The highest BCUT2D eigenvalue weighted by atomic mass is 79.9. The Morgan fingerprint density at radius 2 is 2.10 bits per heavy atom. The first kappa shape index (κ1) is 13.4. The highest BCUT2D eigenvalue weighted by molar-refractivity contribution is 9.10. The molecule has 3 heterocycles. The number of anilines is 1. The number of aryl methyl sites for hydroxylation is 2. The summed E-state index contributed by atoms with van der Waals surface area (Å²) in [6.07, 6.45) is 7.84. The number of rotatable bonds is 2. The molecule has 1 saturated heterocycles. The second kappa shape index (κ2) is 5.05. The van der Waals surface area contributed by atoms with Gasteiger partial charge in [-0.25, -0.2) is 4.68 Å². The van der Waals surface area contributed by atoms with Crippen LogP contribution in [0.3, 0.4) is 0 Å². The van der Waals surface area contributed by atoms with Gasteiger partial charge in [-0.2, -0.15) is 10.2 Å². The Morgan fingerprint density at radius 3 is 2.80 bits per heavy atom. The predicted octanol–water partition coefficient (Wildman–Crippen LogP) is 1.62. The molecule has 0 aromatic carbocycles. The van der Waals surface area contributed by atoms with Crippen LogP contribution in [0.2, 0.25) is 0 Å². The maximum absolute atomic E-state index is 12.0. The molecule has 2 aromatic heterocycles. The monoisotopic (exact) mass is 337 g/mol. The summed E-state index contributed by atoms with van der Waals surface area (Å²) in [5.41, 5.74) is 1.93. The number of nitrogens with zero attached hydrogens (tertiary/aromatic N) is 5. The van der Waals surface area contributed by atoms with E-state index in [4.69, 9.17) is 0 Å². The van der Waals surface area contributed by atoms with Crippen molar-refractivity contribution >= 4 is 21.6 Å². The smallest absolute Gasteiger partial charge is 0.282 e. The first-order valence-electron chi connectivity index (χ1n) is 6.55. The topological polar surface area (TPSA) is 56.0 Å². The average molecular weight is 338 g/mol. The minimum Gasteiger partial charge on any atom is -0.362 e. The molecule has 20 heavy (non-hydrogen) atoms. The third-order valence-electron chi connectivity index (χ3n) is 3.73. The molecule has 0 amide bonds. The zero-order chi connectivity index (χ0) is 14.3. The van der Waals surface area contributed by atoms with Crippen LogP contribution in [-0.4, -0.2) is 26.1 Å². The highest BCUT2D eigenvalue weighted by Gasteiger charge is 2.29. The molecule has 0 N–H and O–H groups in total. The van der Waals surface area contributed by atoms with Crippen LogP contribution < -0.4 is 10.5 Å². The highest BCUT2D eigenvalue weighted by Crippen LogP contribution is 2.37. The number of hydrogen-bond acceptors (Lipinski definition) is 4. The zero-order valence-corrected chi connectivity index (χ0v) is 13.0. The van der Waals surface area contributed by atoms with Gasteiger partial charge < -0.3 is 4.90 Å². The van der Waals surface area contributed by atoms with Crippen LogP contribution in [0.25, 0.3) is 0 Å². The number of halogens is 1. The second-order valence-electron chi connectivity index (χ2n) is 5.07. The van der Waals surface area contributed by atoms with Gasteiger partial charge in [0.25, 0.3) is 5.56 Å². The fourth-order valence-corrected chi connectivity index (χ4v) is 3.30. The molecule has 1 aliphatic rings. The van der Waals surface area contributed by atoms with Crippen molar-refractivity contribution in [1.82, 2.24) is 19.6 Å². The van der Waals surface area contributed by atoms with Crippen LogP contribution in [0, 0.1) is 0 Å². The lowest BCUT2D eigenvalue weighted by Crippen LogP contribution is -2.28. The summed E-state index contributed by atoms with van der Waals surface area (Å²) >= 11 is 3.41. The molecule has 2 aromatic rings. The summed E-state index contributed by atoms with van der Waals surface area (Å²) in [6, 6.07) is 0.258. The minimum atomic E-state index is -0.112. The lowest BCUT2D eigenvalue weighted by Gasteiger charge is -2.26. The normalized spacial score (nSPS) is 18.8. The second-order valence-corrected chi connectivity index (χ2v) is 5.86. The van der Waals surface area contributed by atoms with E-state index in [2.05, 4.69) is 31.0 Å². The van der Waals surface area contributed by atoms with Gasteiger partial charge in [0.15, 0.2) is 0 Å². The van der Waals surface area contributed by atoms with Crippen molar-refractivity contribution < 1.29 is 0 Å². The van der Waals surface area contributed by atoms with Gasteiger partial charge in [-0.15, -0.1) is 0 Å². The molecule has 1 atom stereocenters. The van der Waals surface area contributed by atoms with E-state index in [1.807, 2.05) is 24.1 Å². The Labute approximate surface area is 125 Å². The van der Waals surface area contributed by atoms with Gasteiger partial charge >= 0.3 is 0 Å². The minimum absolute atomic E-state index is 0.112. The summed E-state index contributed by atoms with van der Waals surface area (Å²) in [6.45, 7) is 0.924. The fraction of sp³-hybridized carbons (Fsp3) is 0.462. The molecule has 0 saturated carbocycles. The van der Waals surface area contributed by atoms with Crippen molar-refractivity contribution in [3.8, 4) is 0 Å². The molecule has 1 unspecified atom stereocenters. The van der Waals surface area contributed by atoms with E-state index in [1.54, 1.807) is 13.2 Å². The Kier molecular flexibility index (Phi) is 3.37. The summed E-state index contributed by atoms with van der Waals surface area (Å²) < 4.78 is 3.72. The zero-order valence-electron chi connectivity index (χ0n) is 11.5. The van der Waals surface area contributed by atoms with Crippen molar-refractivity contribution in [2.75, 3.05) is 11.4 Å². The molecule has 0 spiro atoms. The Hall–Kier alpha value is -1.63. The van der Waals surface area contributed by atoms with Crippen LogP contribution in [0.5, 0.6) is 0 Å². The SMILES string of the molecule is Cn1cc(C2CCCN2c2cnn(C)c(=O)c2Br)cn1. The van der Waals surface area contributed by atoms with E-state index in [1.165, 1.54) is 10.2 Å². The molecule has 106 valence electrons. The largest absolute Gasteiger partial charge is 0.362 e. The van der Waals surface area contributed by atoms with Gasteiger partial charge in [-0.1, -0.05) is 0 Å². The van der Waals surface area contributed by atoms with Crippen LogP contribution >= 0.6 is 15.9 Å². The van der Waals surface area contributed by atoms with Crippen LogP contribution in [0.4, 0.5) is 5.69 Å². The van der Waals surface area contributed by atoms with Crippen LogP contribution in [0.15, 0.2) is 27.9 Å². The van der Waals surface area contributed by atoms with E-state index >= 15 is 0 Å². The summed E-state index contributed by atoms with van der Waals surface area (Å²) in [4.78, 5) is 14.2. The maximum atomic E-state index is 12.0. The van der Waals surface area contributed by atoms with E-state index in [0.717, 1.165) is 25.1 Å². The molecule has 0 aliphatic carbocycles. The third-order valence-corrected chi connectivity index (χ3v) is 4.48. The van der Waals surface area contributed by atoms with E-state index < -0.39 is 0 Å². The van der Waals surface area contributed by atoms with Crippen molar-refractivity contribution in [2.24, 2.45) is 14.1 Å². The van der Waals surface area contributed by atoms with Gasteiger partial charge in [0.05, 0.1) is 24.1 Å². The lowest BCUT2D eigenvalue weighted by atomic mass is 10.1. The average Bonchev–Trinajstić information content (AvgIpc) is 3.04. The van der Waals surface area contributed by atoms with Gasteiger partial charge in [-0.05, 0) is 28.8 Å². The van der Waals surface area contributed by atoms with Crippen molar-refractivity contribution in [3.63, 3.8) is 0 Å². The molecule has 7 heteroatoms. The molecule has 3 rings (SSSR count). The first-order valence-corrected chi connectivity index (χ1v) is 7.34. The van der Waals surface area contributed by atoms with Crippen molar-refractivity contribution in [3.05, 3.63) is 39.0 Å². The molecular weight excluding hydrogens is 322 g/mol. The predicted molar refractivity (Wildman–Crippen MR) is 79.7 cm³/mol. The quantitative estimate of drug-likeness (QED) is 0.835. The molecule has 6 nitrogen and oxygen atoms in total.